The SMILES string of the molecule is CC(C)(C)OC(=O)N1CCN(CCNCc2ccc(Cl)c(F)c2)CC1. The van der Waals surface area contributed by atoms with Crippen LogP contribution in [0.4, 0.5) is 9.18 Å². The zero-order valence-electron chi connectivity index (χ0n) is 15.1. The first kappa shape index (κ1) is 19.9. The molecule has 0 bridgehead atoms. The molecule has 1 fully saturated rings. The van der Waals surface area contributed by atoms with E-state index in [-0.39, 0.29) is 16.9 Å². The average molecular weight is 372 g/mol. The zero-order valence-corrected chi connectivity index (χ0v) is 15.9. The van der Waals surface area contributed by atoms with Gasteiger partial charge in [0.15, 0.2) is 0 Å². The number of halogens is 2. The molecule has 0 unspecified atom stereocenters. The number of hydrogen-bond donors (Lipinski definition) is 1. The summed E-state index contributed by atoms with van der Waals surface area (Å²) < 4.78 is 18.8. The highest BCUT2D eigenvalue weighted by molar-refractivity contribution is 6.30. The molecule has 1 amide bonds. The van der Waals surface area contributed by atoms with Gasteiger partial charge in [0.2, 0.25) is 0 Å². The minimum atomic E-state index is -0.459. The Hall–Kier alpha value is -1.37. The minimum Gasteiger partial charge on any atom is -0.444 e. The van der Waals surface area contributed by atoms with E-state index >= 15 is 0 Å². The minimum absolute atomic E-state index is 0.145. The van der Waals surface area contributed by atoms with Gasteiger partial charge in [-0.15, -0.1) is 0 Å². The molecule has 1 aromatic carbocycles. The van der Waals surface area contributed by atoms with Gasteiger partial charge in [-0.3, -0.25) is 4.90 Å². The van der Waals surface area contributed by atoms with Gasteiger partial charge in [0.25, 0.3) is 0 Å². The first-order valence-electron chi connectivity index (χ1n) is 8.59. The fourth-order valence-electron chi connectivity index (χ4n) is 2.60. The first-order chi connectivity index (χ1) is 11.7. The largest absolute Gasteiger partial charge is 0.444 e. The molecule has 1 heterocycles. The van der Waals surface area contributed by atoms with Crippen molar-refractivity contribution < 1.29 is 13.9 Å². The van der Waals surface area contributed by atoms with E-state index < -0.39 is 5.60 Å². The molecule has 0 aromatic heterocycles. The van der Waals surface area contributed by atoms with Gasteiger partial charge >= 0.3 is 6.09 Å². The van der Waals surface area contributed by atoms with Gasteiger partial charge in [-0.05, 0) is 38.5 Å². The lowest BCUT2D eigenvalue weighted by atomic mass is 10.2. The molecular formula is C18H27ClFN3O2. The van der Waals surface area contributed by atoms with Crippen molar-refractivity contribution >= 4 is 17.7 Å². The molecule has 1 saturated heterocycles. The molecule has 1 aliphatic rings. The summed E-state index contributed by atoms with van der Waals surface area (Å²) in [5.41, 5.74) is 0.413. The van der Waals surface area contributed by atoms with Gasteiger partial charge < -0.3 is 15.0 Å². The molecule has 1 N–H and O–H groups in total. The summed E-state index contributed by atoms with van der Waals surface area (Å²) in [6.45, 7) is 10.9. The number of hydrogen-bond acceptors (Lipinski definition) is 4. The van der Waals surface area contributed by atoms with Crippen LogP contribution in [0.2, 0.25) is 5.02 Å². The van der Waals surface area contributed by atoms with E-state index in [1.54, 1.807) is 11.0 Å². The van der Waals surface area contributed by atoms with Crippen LogP contribution in [0.1, 0.15) is 26.3 Å². The van der Waals surface area contributed by atoms with Crippen LogP contribution in [0.5, 0.6) is 0 Å². The Morgan fingerprint density at radius 3 is 2.56 bits per heavy atom. The smallest absolute Gasteiger partial charge is 0.410 e. The van der Waals surface area contributed by atoms with E-state index in [1.807, 2.05) is 26.8 Å². The van der Waals surface area contributed by atoms with E-state index in [1.165, 1.54) is 6.07 Å². The van der Waals surface area contributed by atoms with Crippen molar-refractivity contribution in [3.05, 3.63) is 34.6 Å². The Morgan fingerprint density at radius 2 is 1.96 bits per heavy atom. The lowest BCUT2D eigenvalue weighted by molar-refractivity contribution is 0.0146. The van der Waals surface area contributed by atoms with Crippen molar-refractivity contribution in [3.63, 3.8) is 0 Å². The summed E-state index contributed by atoms with van der Waals surface area (Å²) in [7, 11) is 0. The number of carbonyl (C=O) groups excluding carboxylic acids is 1. The van der Waals surface area contributed by atoms with E-state index in [0.717, 1.165) is 31.7 Å². The highest BCUT2D eigenvalue weighted by atomic mass is 35.5. The van der Waals surface area contributed by atoms with Crippen LogP contribution < -0.4 is 5.32 Å². The molecule has 0 saturated carbocycles. The quantitative estimate of drug-likeness (QED) is 0.808. The molecule has 1 aromatic rings. The predicted molar refractivity (Wildman–Crippen MR) is 97.4 cm³/mol. The molecule has 0 radical (unpaired) electrons. The van der Waals surface area contributed by atoms with E-state index in [2.05, 4.69) is 10.2 Å². The number of amides is 1. The summed E-state index contributed by atoms with van der Waals surface area (Å²) in [4.78, 5) is 16.1. The maximum Gasteiger partial charge on any atom is 0.410 e. The average Bonchev–Trinajstić information content (AvgIpc) is 2.54. The fraction of sp³-hybridized carbons (Fsp3) is 0.611. The van der Waals surface area contributed by atoms with Crippen LogP contribution in [-0.2, 0) is 11.3 Å². The Labute approximate surface area is 154 Å². The monoisotopic (exact) mass is 371 g/mol. The number of ether oxygens (including phenoxy) is 1. The molecule has 25 heavy (non-hydrogen) atoms. The normalized spacial score (nSPS) is 16.1. The zero-order chi connectivity index (χ0) is 18.4. The third kappa shape index (κ3) is 6.80. The number of nitrogens with zero attached hydrogens (tertiary/aromatic N) is 2. The van der Waals surface area contributed by atoms with E-state index in [0.29, 0.717) is 19.6 Å². The molecule has 1 aliphatic heterocycles. The maximum atomic E-state index is 13.4. The van der Waals surface area contributed by atoms with E-state index in [4.69, 9.17) is 16.3 Å². The van der Waals surface area contributed by atoms with Crippen LogP contribution in [-0.4, -0.2) is 60.8 Å². The Kier molecular flexibility index (Phi) is 7.04. The predicted octanol–water partition coefficient (Wildman–Crippen LogP) is 3.12. The fourth-order valence-corrected chi connectivity index (χ4v) is 2.72. The number of nitrogens with one attached hydrogen (secondary N) is 1. The van der Waals surface area contributed by atoms with Crippen LogP contribution in [0, 0.1) is 5.82 Å². The molecule has 2 rings (SSSR count). The third-order valence-electron chi connectivity index (χ3n) is 3.94. The molecule has 7 heteroatoms. The topological polar surface area (TPSA) is 44.8 Å². The summed E-state index contributed by atoms with van der Waals surface area (Å²) in [5, 5.41) is 3.45. The van der Waals surface area contributed by atoms with Gasteiger partial charge in [0.05, 0.1) is 5.02 Å². The highest BCUT2D eigenvalue weighted by Gasteiger charge is 2.25. The van der Waals surface area contributed by atoms with Crippen LogP contribution in [0.25, 0.3) is 0 Å². The summed E-state index contributed by atoms with van der Waals surface area (Å²) in [5.74, 6) is -0.390. The lowest BCUT2D eigenvalue weighted by Crippen LogP contribution is -2.51. The summed E-state index contributed by atoms with van der Waals surface area (Å²) in [6.07, 6.45) is -0.241. The molecular weight excluding hydrogens is 345 g/mol. The van der Waals surface area contributed by atoms with Crippen molar-refractivity contribution in [1.82, 2.24) is 15.1 Å². The van der Waals surface area contributed by atoms with Crippen LogP contribution in [0.3, 0.4) is 0 Å². The van der Waals surface area contributed by atoms with Gasteiger partial charge in [-0.25, -0.2) is 9.18 Å². The molecule has 140 valence electrons. The number of carbonyl (C=O) groups is 1. The standard InChI is InChI=1S/C18H27ClFN3O2/c1-18(2,3)25-17(24)23-10-8-22(9-11-23)7-6-21-13-14-4-5-15(19)16(20)12-14/h4-5,12,21H,6-11,13H2,1-3H3. The number of piperazine rings is 1. The second-order valence-electron chi connectivity index (χ2n) is 7.23. The van der Waals surface area contributed by atoms with Gasteiger partial charge in [-0.2, -0.15) is 0 Å². The number of benzene rings is 1. The van der Waals surface area contributed by atoms with Crippen molar-refractivity contribution in [1.29, 1.82) is 0 Å². The van der Waals surface area contributed by atoms with Crippen molar-refractivity contribution in [2.45, 2.75) is 32.9 Å². The lowest BCUT2D eigenvalue weighted by Gasteiger charge is -2.35. The third-order valence-corrected chi connectivity index (χ3v) is 4.25. The van der Waals surface area contributed by atoms with Crippen LogP contribution in [0.15, 0.2) is 18.2 Å². The second kappa shape index (κ2) is 8.83. The molecule has 0 atom stereocenters. The van der Waals surface area contributed by atoms with Crippen molar-refractivity contribution in [3.8, 4) is 0 Å². The van der Waals surface area contributed by atoms with Crippen molar-refractivity contribution in [2.75, 3.05) is 39.3 Å². The molecule has 0 spiro atoms. The summed E-state index contributed by atoms with van der Waals surface area (Å²) >= 11 is 5.67. The molecule has 5 nitrogen and oxygen atoms in total. The second-order valence-corrected chi connectivity index (χ2v) is 7.64. The Bertz CT molecular complexity index is 584. The summed E-state index contributed by atoms with van der Waals surface area (Å²) in [6, 6.07) is 4.84. The van der Waals surface area contributed by atoms with E-state index in [9.17, 15) is 9.18 Å². The maximum absolute atomic E-state index is 13.4. The Morgan fingerprint density at radius 1 is 1.28 bits per heavy atom. The van der Waals surface area contributed by atoms with Gasteiger partial charge in [-0.1, -0.05) is 17.7 Å². The van der Waals surface area contributed by atoms with Gasteiger partial charge in [0, 0.05) is 45.8 Å². The van der Waals surface area contributed by atoms with Crippen LogP contribution >= 0.6 is 11.6 Å². The number of rotatable bonds is 5. The first-order valence-corrected chi connectivity index (χ1v) is 8.97. The highest BCUT2D eigenvalue weighted by Crippen LogP contribution is 2.15. The van der Waals surface area contributed by atoms with Gasteiger partial charge in [0.1, 0.15) is 11.4 Å². The Balaban J connectivity index is 1.64. The van der Waals surface area contributed by atoms with Crippen molar-refractivity contribution in [2.24, 2.45) is 0 Å². The molecule has 0 aliphatic carbocycles.